The van der Waals surface area contributed by atoms with Crippen molar-refractivity contribution in [3.8, 4) is 0 Å². The van der Waals surface area contributed by atoms with E-state index < -0.39 is 0 Å². The lowest BCUT2D eigenvalue weighted by Gasteiger charge is -2.27. The Kier molecular flexibility index (Phi) is 4.27. The average Bonchev–Trinajstić information content (AvgIpc) is 2.76. The van der Waals surface area contributed by atoms with Crippen molar-refractivity contribution < 1.29 is 0 Å². The first kappa shape index (κ1) is 12.7. The molecule has 2 fully saturated rings. The summed E-state index contributed by atoms with van der Waals surface area (Å²) in [5.74, 6) is 0.721. The van der Waals surface area contributed by atoms with Crippen molar-refractivity contribution in [3.05, 3.63) is 23.9 Å². The highest BCUT2D eigenvalue weighted by atomic mass is 15.2. The molecular formula is C15H26N2. The molecule has 2 heterocycles. The van der Waals surface area contributed by atoms with Crippen molar-refractivity contribution in [2.24, 2.45) is 5.92 Å². The zero-order chi connectivity index (χ0) is 12.3. The maximum Gasteiger partial charge on any atom is 0.0295 e. The molecule has 0 aliphatic carbocycles. The largest absolute Gasteiger partial charge is 0.369 e. The maximum atomic E-state index is 4.25. The molecule has 1 N–H and O–H groups in total. The molecule has 2 rings (SSSR count). The molecule has 2 aliphatic heterocycles. The molecule has 0 aromatic carbocycles. The van der Waals surface area contributed by atoms with Crippen LogP contribution in [0.25, 0.3) is 0 Å². The first-order chi connectivity index (χ1) is 8.18. The van der Waals surface area contributed by atoms with E-state index in [0.29, 0.717) is 6.04 Å². The number of nitrogens with one attached hydrogen (secondary N) is 1. The van der Waals surface area contributed by atoms with Crippen LogP contribution in [0.1, 0.15) is 39.5 Å². The van der Waals surface area contributed by atoms with Gasteiger partial charge >= 0.3 is 0 Å². The van der Waals surface area contributed by atoms with Gasteiger partial charge in [-0.15, -0.1) is 0 Å². The lowest BCUT2D eigenvalue weighted by molar-refractivity contribution is 0.350. The molecule has 2 aliphatic rings. The highest BCUT2D eigenvalue weighted by molar-refractivity contribution is 5.22. The second-order valence-electron chi connectivity index (χ2n) is 5.61. The van der Waals surface area contributed by atoms with E-state index in [2.05, 4.69) is 36.7 Å². The fraction of sp³-hybridized carbons (Fsp3) is 0.733. The lowest BCUT2D eigenvalue weighted by Crippen LogP contribution is -2.31. The third-order valence-corrected chi connectivity index (χ3v) is 4.26. The lowest BCUT2D eigenvalue weighted by atomic mass is 9.92. The summed E-state index contributed by atoms with van der Waals surface area (Å²) in [6, 6.07) is 0.677. The van der Waals surface area contributed by atoms with Crippen LogP contribution in [0.4, 0.5) is 0 Å². The van der Waals surface area contributed by atoms with Gasteiger partial charge in [0.1, 0.15) is 0 Å². The SMILES string of the molecule is C=C(C=C(C)C1CCCNC1)N1CCCC1C. The molecule has 0 radical (unpaired) electrons. The highest BCUT2D eigenvalue weighted by Crippen LogP contribution is 2.25. The minimum Gasteiger partial charge on any atom is -0.369 e. The third-order valence-electron chi connectivity index (χ3n) is 4.26. The second-order valence-corrected chi connectivity index (χ2v) is 5.61. The summed E-state index contributed by atoms with van der Waals surface area (Å²) >= 11 is 0. The predicted molar refractivity (Wildman–Crippen MR) is 73.9 cm³/mol. The van der Waals surface area contributed by atoms with Crippen molar-refractivity contribution >= 4 is 0 Å². The van der Waals surface area contributed by atoms with Crippen LogP contribution in [0.3, 0.4) is 0 Å². The van der Waals surface area contributed by atoms with Gasteiger partial charge < -0.3 is 10.2 Å². The molecular weight excluding hydrogens is 208 g/mol. The van der Waals surface area contributed by atoms with Crippen molar-refractivity contribution in [1.82, 2.24) is 10.2 Å². The maximum absolute atomic E-state index is 4.25. The molecule has 0 spiro atoms. The summed E-state index contributed by atoms with van der Waals surface area (Å²) in [6.07, 6.45) is 7.59. The quantitative estimate of drug-likeness (QED) is 0.755. The molecule has 0 amide bonds. The molecule has 0 aromatic heterocycles. The Morgan fingerprint density at radius 2 is 2.18 bits per heavy atom. The van der Waals surface area contributed by atoms with Gasteiger partial charge in [-0.3, -0.25) is 0 Å². The summed E-state index contributed by atoms with van der Waals surface area (Å²) in [6.45, 7) is 12.3. The van der Waals surface area contributed by atoms with Crippen LogP contribution in [-0.4, -0.2) is 30.6 Å². The topological polar surface area (TPSA) is 15.3 Å². The zero-order valence-corrected chi connectivity index (χ0v) is 11.3. The van der Waals surface area contributed by atoms with Gasteiger partial charge in [-0.05, 0) is 58.1 Å². The Bertz CT molecular complexity index is 300. The van der Waals surface area contributed by atoms with Crippen molar-refractivity contribution in [1.29, 1.82) is 0 Å². The number of allylic oxidation sites excluding steroid dienone is 1. The Labute approximate surface area is 106 Å². The second kappa shape index (κ2) is 5.72. The predicted octanol–water partition coefficient (Wildman–Crippen LogP) is 2.93. The van der Waals surface area contributed by atoms with Gasteiger partial charge in [0, 0.05) is 24.8 Å². The van der Waals surface area contributed by atoms with Gasteiger partial charge in [-0.2, -0.15) is 0 Å². The minimum atomic E-state index is 0.677. The summed E-state index contributed by atoms with van der Waals surface area (Å²) in [5, 5.41) is 3.48. The summed E-state index contributed by atoms with van der Waals surface area (Å²) in [5.41, 5.74) is 2.72. The number of piperidine rings is 1. The monoisotopic (exact) mass is 234 g/mol. The fourth-order valence-corrected chi connectivity index (χ4v) is 3.06. The smallest absolute Gasteiger partial charge is 0.0295 e. The highest BCUT2D eigenvalue weighted by Gasteiger charge is 2.21. The molecule has 0 aromatic rings. The number of nitrogens with zero attached hydrogens (tertiary/aromatic N) is 1. The van der Waals surface area contributed by atoms with Crippen LogP contribution in [-0.2, 0) is 0 Å². The van der Waals surface area contributed by atoms with Gasteiger partial charge in [0.2, 0.25) is 0 Å². The van der Waals surface area contributed by atoms with Crippen LogP contribution in [0.15, 0.2) is 23.9 Å². The van der Waals surface area contributed by atoms with E-state index in [-0.39, 0.29) is 0 Å². The number of likely N-dealkylation sites (tertiary alicyclic amines) is 1. The van der Waals surface area contributed by atoms with Gasteiger partial charge in [-0.1, -0.05) is 12.2 Å². The van der Waals surface area contributed by atoms with E-state index >= 15 is 0 Å². The van der Waals surface area contributed by atoms with Gasteiger partial charge in [-0.25, -0.2) is 0 Å². The molecule has 0 bridgehead atoms. The van der Waals surface area contributed by atoms with Crippen LogP contribution in [0.5, 0.6) is 0 Å². The Morgan fingerprint density at radius 3 is 2.76 bits per heavy atom. The van der Waals surface area contributed by atoms with Gasteiger partial charge in [0.05, 0.1) is 0 Å². The molecule has 2 nitrogen and oxygen atoms in total. The standard InChI is InChI=1S/C15H26N2/c1-12(15-7-4-8-16-11-15)10-14(3)17-9-5-6-13(17)2/h10,13,15-16H,3-9,11H2,1-2H3. The normalized spacial score (nSPS) is 30.7. The Morgan fingerprint density at radius 1 is 1.35 bits per heavy atom. The fourth-order valence-electron chi connectivity index (χ4n) is 3.06. The van der Waals surface area contributed by atoms with E-state index in [4.69, 9.17) is 0 Å². The summed E-state index contributed by atoms with van der Waals surface area (Å²) in [7, 11) is 0. The van der Waals surface area contributed by atoms with E-state index in [0.717, 1.165) is 12.5 Å². The van der Waals surface area contributed by atoms with Crippen molar-refractivity contribution in [3.63, 3.8) is 0 Å². The van der Waals surface area contributed by atoms with E-state index in [1.807, 2.05) is 0 Å². The van der Waals surface area contributed by atoms with Crippen molar-refractivity contribution in [2.45, 2.75) is 45.6 Å². The number of rotatable bonds is 3. The molecule has 96 valence electrons. The minimum absolute atomic E-state index is 0.677. The average molecular weight is 234 g/mol. The van der Waals surface area contributed by atoms with Crippen LogP contribution in [0, 0.1) is 5.92 Å². The molecule has 0 saturated carbocycles. The molecule has 2 saturated heterocycles. The summed E-state index contributed by atoms with van der Waals surface area (Å²) < 4.78 is 0. The number of hydrogen-bond donors (Lipinski definition) is 1. The van der Waals surface area contributed by atoms with E-state index in [9.17, 15) is 0 Å². The Balaban J connectivity index is 1.95. The van der Waals surface area contributed by atoms with E-state index in [1.165, 1.54) is 50.0 Å². The molecule has 2 unspecified atom stereocenters. The van der Waals surface area contributed by atoms with Gasteiger partial charge in [0.15, 0.2) is 0 Å². The Hall–Kier alpha value is -0.760. The molecule has 17 heavy (non-hydrogen) atoms. The molecule has 2 heteroatoms. The van der Waals surface area contributed by atoms with Gasteiger partial charge in [0.25, 0.3) is 0 Å². The summed E-state index contributed by atoms with van der Waals surface area (Å²) in [4.78, 5) is 2.46. The number of hydrogen-bond acceptors (Lipinski definition) is 2. The van der Waals surface area contributed by atoms with Crippen LogP contribution in [0.2, 0.25) is 0 Å². The first-order valence-corrected chi connectivity index (χ1v) is 7.03. The van der Waals surface area contributed by atoms with Crippen molar-refractivity contribution in [2.75, 3.05) is 19.6 Å². The van der Waals surface area contributed by atoms with E-state index in [1.54, 1.807) is 0 Å². The first-order valence-electron chi connectivity index (χ1n) is 7.03. The zero-order valence-electron chi connectivity index (χ0n) is 11.3. The third kappa shape index (κ3) is 3.12. The van der Waals surface area contributed by atoms with Crippen LogP contribution < -0.4 is 5.32 Å². The van der Waals surface area contributed by atoms with Crippen LogP contribution >= 0.6 is 0 Å². The molecule has 2 atom stereocenters.